The third-order valence-corrected chi connectivity index (χ3v) is 3.76. The average molecular weight is 332 g/mol. The summed E-state index contributed by atoms with van der Waals surface area (Å²) in [5.41, 5.74) is 0.389. The first-order valence-corrected chi connectivity index (χ1v) is 7.19. The Kier molecular flexibility index (Phi) is 5.45. The molecule has 1 saturated heterocycles. The number of nitrogens with zero attached hydrogens (tertiary/aromatic N) is 1. The summed E-state index contributed by atoms with van der Waals surface area (Å²) in [4.78, 5) is 25.4. The third-order valence-electron chi connectivity index (χ3n) is 3.21. The van der Waals surface area contributed by atoms with E-state index in [0.717, 1.165) is 0 Å². The van der Waals surface area contributed by atoms with Crippen LogP contribution in [0.15, 0.2) is 18.2 Å². The molecule has 0 saturated carbocycles. The first-order chi connectivity index (χ1) is 10.0. The van der Waals surface area contributed by atoms with Crippen LogP contribution in [0.4, 0.5) is 0 Å². The molecule has 1 aliphatic heterocycles. The summed E-state index contributed by atoms with van der Waals surface area (Å²) in [6.07, 6.45) is -0.240. The van der Waals surface area contributed by atoms with Crippen molar-refractivity contribution in [3.63, 3.8) is 0 Å². The molecule has 7 heteroatoms. The van der Waals surface area contributed by atoms with Crippen LogP contribution in [0.5, 0.6) is 0 Å². The molecule has 1 amide bonds. The molecule has 21 heavy (non-hydrogen) atoms. The summed E-state index contributed by atoms with van der Waals surface area (Å²) in [5.74, 6) is -0.561. The highest BCUT2D eigenvalue weighted by atomic mass is 35.5. The number of amides is 1. The zero-order valence-electron chi connectivity index (χ0n) is 11.5. The van der Waals surface area contributed by atoms with E-state index >= 15 is 0 Å². The fraction of sp³-hybridized carbons (Fsp3) is 0.429. The Bertz CT molecular complexity index is 550. The quantitative estimate of drug-likeness (QED) is 0.798. The Labute approximate surface area is 132 Å². The van der Waals surface area contributed by atoms with E-state index in [1.807, 2.05) is 0 Å². The number of rotatable bonds is 3. The number of halogens is 2. The van der Waals surface area contributed by atoms with Gasteiger partial charge in [-0.1, -0.05) is 23.2 Å². The van der Waals surface area contributed by atoms with Gasteiger partial charge in [-0.15, -0.1) is 0 Å². The van der Waals surface area contributed by atoms with Crippen LogP contribution in [0.25, 0.3) is 0 Å². The van der Waals surface area contributed by atoms with Crippen molar-refractivity contribution in [1.82, 2.24) is 4.90 Å². The van der Waals surface area contributed by atoms with Gasteiger partial charge in [0.25, 0.3) is 5.91 Å². The minimum Gasteiger partial charge on any atom is -0.469 e. The molecule has 1 aliphatic rings. The molecular formula is C14H15Cl2NO4. The first-order valence-electron chi connectivity index (χ1n) is 6.44. The molecule has 1 fully saturated rings. The molecule has 0 N–H and O–H groups in total. The Morgan fingerprint density at radius 1 is 1.43 bits per heavy atom. The molecule has 5 nitrogen and oxygen atoms in total. The molecule has 0 bridgehead atoms. The van der Waals surface area contributed by atoms with Crippen LogP contribution in [-0.2, 0) is 14.3 Å². The molecular weight excluding hydrogens is 317 g/mol. The van der Waals surface area contributed by atoms with Gasteiger partial charge in [-0.2, -0.15) is 0 Å². The van der Waals surface area contributed by atoms with Crippen molar-refractivity contribution in [2.45, 2.75) is 12.5 Å². The van der Waals surface area contributed by atoms with Gasteiger partial charge in [0.1, 0.15) is 0 Å². The standard InChI is InChI=1S/C14H15Cl2NO4/c1-20-13(18)7-10-8-17(4-5-21-10)14(19)11-3-2-9(15)6-12(11)16/h2-3,6,10H,4-5,7-8H2,1H3. The molecule has 2 rings (SSSR count). The summed E-state index contributed by atoms with van der Waals surface area (Å²) in [6.45, 7) is 1.15. The van der Waals surface area contributed by atoms with E-state index in [-0.39, 0.29) is 24.4 Å². The fourth-order valence-electron chi connectivity index (χ4n) is 2.13. The van der Waals surface area contributed by atoms with Crippen LogP contribution in [0.3, 0.4) is 0 Å². The number of esters is 1. The van der Waals surface area contributed by atoms with Gasteiger partial charge >= 0.3 is 5.97 Å². The van der Waals surface area contributed by atoms with Crippen molar-refractivity contribution >= 4 is 35.1 Å². The number of hydrogen-bond acceptors (Lipinski definition) is 4. The Balaban J connectivity index is 2.06. The summed E-state index contributed by atoms with van der Waals surface area (Å²) in [6, 6.07) is 4.74. The molecule has 1 heterocycles. The lowest BCUT2D eigenvalue weighted by Crippen LogP contribution is -2.46. The lowest BCUT2D eigenvalue weighted by atomic mass is 10.1. The number of hydrogen-bond donors (Lipinski definition) is 0. The van der Waals surface area contributed by atoms with Gasteiger partial charge in [-0.25, -0.2) is 0 Å². The van der Waals surface area contributed by atoms with Crippen LogP contribution in [0.1, 0.15) is 16.8 Å². The fourth-order valence-corrected chi connectivity index (χ4v) is 2.62. The van der Waals surface area contributed by atoms with Gasteiger partial charge < -0.3 is 14.4 Å². The molecule has 1 aromatic rings. The topological polar surface area (TPSA) is 55.8 Å². The number of methoxy groups -OCH3 is 1. The van der Waals surface area contributed by atoms with E-state index in [0.29, 0.717) is 35.3 Å². The maximum absolute atomic E-state index is 12.5. The monoisotopic (exact) mass is 331 g/mol. The van der Waals surface area contributed by atoms with Gasteiger partial charge in [0, 0.05) is 18.1 Å². The second-order valence-electron chi connectivity index (χ2n) is 4.65. The average Bonchev–Trinajstić information content (AvgIpc) is 2.47. The SMILES string of the molecule is COC(=O)CC1CN(C(=O)c2ccc(Cl)cc2Cl)CCO1. The van der Waals surface area contributed by atoms with Gasteiger partial charge in [-0.05, 0) is 18.2 Å². The minimum absolute atomic E-state index is 0.120. The number of morpholine rings is 1. The van der Waals surface area contributed by atoms with Crippen molar-refractivity contribution in [1.29, 1.82) is 0 Å². The lowest BCUT2D eigenvalue weighted by molar-refractivity contribution is -0.145. The third kappa shape index (κ3) is 4.09. The first kappa shape index (κ1) is 16.1. The number of carbonyl (C=O) groups is 2. The summed E-state index contributed by atoms with van der Waals surface area (Å²) < 4.78 is 10.1. The van der Waals surface area contributed by atoms with Gasteiger partial charge in [0.2, 0.25) is 0 Å². The van der Waals surface area contributed by atoms with E-state index in [1.165, 1.54) is 13.2 Å². The predicted molar refractivity (Wildman–Crippen MR) is 78.7 cm³/mol. The second-order valence-corrected chi connectivity index (χ2v) is 5.49. The van der Waals surface area contributed by atoms with Gasteiger partial charge in [0.15, 0.2) is 0 Å². The highest BCUT2D eigenvalue weighted by molar-refractivity contribution is 6.36. The summed E-state index contributed by atoms with van der Waals surface area (Å²) in [7, 11) is 1.32. The molecule has 114 valence electrons. The van der Waals surface area contributed by atoms with E-state index in [4.69, 9.17) is 27.9 Å². The van der Waals surface area contributed by atoms with E-state index in [9.17, 15) is 9.59 Å². The Morgan fingerprint density at radius 3 is 2.86 bits per heavy atom. The van der Waals surface area contributed by atoms with E-state index < -0.39 is 0 Å². The number of benzene rings is 1. The highest BCUT2D eigenvalue weighted by Crippen LogP contribution is 2.23. The lowest BCUT2D eigenvalue weighted by Gasteiger charge is -2.32. The van der Waals surface area contributed by atoms with Gasteiger partial charge in [0.05, 0.1) is 36.8 Å². The van der Waals surface area contributed by atoms with Crippen molar-refractivity contribution in [2.24, 2.45) is 0 Å². The number of carbonyl (C=O) groups excluding carboxylic acids is 2. The van der Waals surface area contributed by atoms with Crippen molar-refractivity contribution in [3.05, 3.63) is 33.8 Å². The van der Waals surface area contributed by atoms with Crippen LogP contribution in [0, 0.1) is 0 Å². The van der Waals surface area contributed by atoms with Crippen LogP contribution < -0.4 is 0 Å². The van der Waals surface area contributed by atoms with Crippen LogP contribution in [-0.4, -0.2) is 49.7 Å². The van der Waals surface area contributed by atoms with Crippen molar-refractivity contribution in [3.8, 4) is 0 Å². The van der Waals surface area contributed by atoms with E-state index in [1.54, 1.807) is 17.0 Å². The molecule has 0 aromatic heterocycles. The largest absolute Gasteiger partial charge is 0.469 e. The zero-order valence-corrected chi connectivity index (χ0v) is 13.0. The van der Waals surface area contributed by atoms with Crippen molar-refractivity contribution in [2.75, 3.05) is 26.8 Å². The molecule has 0 radical (unpaired) electrons. The maximum atomic E-state index is 12.5. The van der Waals surface area contributed by atoms with E-state index in [2.05, 4.69) is 4.74 Å². The molecule has 1 aromatic carbocycles. The molecule has 0 spiro atoms. The summed E-state index contributed by atoms with van der Waals surface area (Å²) >= 11 is 11.9. The predicted octanol–water partition coefficient (Wildman–Crippen LogP) is 2.40. The normalized spacial score (nSPS) is 18.4. The highest BCUT2D eigenvalue weighted by Gasteiger charge is 2.27. The molecule has 0 aliphatic carbocycles. The molecule has 1 unspecified atom stereocenters. The summed E-state index contributed by atoms with van der Waals surface area (Å²) in [5, 5.41) is 0.783. The minimum atomic E-state index is -0.362. The Hall–Kier alpha value is -1.30. The van der Waals surface area contributed by atoms with Crippen LogP contribution >= 0.6 is 23.2 Å². The van der Waals surface area contributed by atoms with Crippen molar-refractivity contribution < 1.29 is 19.1 Å². The Morgan fingerprint density at radius 2 is 2.19 bits per heavy atom. The second kappa shape index (κ2) is 7.11. The van der Waals surface area contributed by atoms with Crippen LogP contribution in [0.2, 0.25) is 10.0 Å². The smallest absolute Gasteiger partial charge is 0.308 e. The molecule has 1 atom stereocenters. The number of ether oxygens (including phenoxy) is 2. The maximum Gasteiger partial charge on any atom is 0.308 e. The van der Waals surface area contributed by atoms with Gasteiger partial charge in [-0.3, -0.25) is 9.59 Å². The zero-order chi connectivity index (χ0) is 15.4.